The van der Waals surface area contributed by atoms with E-state index >= 15 is 0 Å². The molecular formula is C11H19N3. The van der Waals surface area contributed by atoms with Crippen LogP contribution < -0.4 is 10.6 Å². The minimum atomic E-state index is 0.531. The van der Waals surface area contributed by atoms with Crippen LogP contribution in [0.4, 0.5) is 5.69 Å². The lowest BCUT2D eigenvalue weighted by Crippen LogP contribution is -2.31. The van der Waals surface area contributed by atoms with Gasteiger partial charge in [0.05, 0.1) is 0 Å². The summed E-state index contributed by atoms with van der Waals surface area (Å²) in [6.45, 7) is 7.08. The van der Waals surface area contributed by atoms with Crippen molar-refractivity contribution < 1.29 is 0 Å². The molecule has 0 radical (unpaired) electrons. The van der Waals surface area contributed by atoms with Crippen LogP contribution >= 0.6 is 0 Å². The zero-order valence-corrected chi connectivity index (χ0v) is 8.98. The first kappa shape index (κ1) is 11.0. The predicted molar refractivity (Wildman–Crippen MR) is 60.3 cm³/mol. The Morgan fingerprint density at radius 3 is 2.57 bits per heavy atom. The molecule has 0 aliphatic heterocycles. The van der Waals surface area contributed by atoms with Crippen LogP contribution in [0, 0.1) is 5.92 Å². The zero-order chi connectivity index (χ0) is 10.4. The third-order valence-electron chi connectivity index (χ3n) is 2.34. The number of hydrogen-bond acceptors (Lipinski definition) is 3. The van der Waals surface area contributed by atoms with Crippen LogP contribution in [0.25, 0.3) is 0 Å². The van der Waals surface area contributed by atoms with Crippen molar-refractivity contribution in [1.29, 1.82) is 0 Å². The molecule has 0 amide bonds. The Bertz CT molecular complexity index is 248. The molecule has 1 heterocycles. The third-order valence-corrected chi connectivity index (χ3v) is 2.34. The van der Waals surface area contributed by atoms with E-state index < -0.39 is 0 Å². The van der Waals surface area contributed by atoms with Gasteiger partial charge in [0, 0.05) is 31.2 Å². The standard InChI is InChI=1S/C11H19N3/c1-3-14(9-10(2)8-12)11-4-6-13-7-5-11/h4-7,10H,3,8-9,12H2,1-2H3. The Labute approximate surface area is 85.9 Å². The molecule has 1 unspecified atom stereocenters. The molecule has 0 aliphatic rings. The molecule has 14 heavy (non-hydrogen) atoms. The SMILES string of the molecule is CCN(CC(C)CN)c1ccncc1. The molecule has 78 valence electrons. The molecule has 0 bridgehead atoms. The fourth-order valence-electron chi connectivity index (χ4n) is 1.42. The first-order valence-corrected chi connectivity index (χ1v) is 5.13. The van der Waals surface area contributed by atoms with Gasteiger partial charge < -0.3 is 10.6 Å². The van der Waals surface area contributed by atoms with E-state index in [1.807, 2.05) is 24.5 Å². The molecule has 1 atom stereocenters. The van der Waals surface area contributed by atoms with E-state index in [9.17, 15) is 0 Å². The molecule has 3 nitrogen and oxygen atoms in total. The number of hydrogen-bond donors (Lipinski definition) is 1. The van der Waals surface area contributed by atoms with Crippen LogP contribution in [-0.2, 0) is 0 Å². The van der Waals surface area contributed by atoms with Crippen LogP contribution in [0.5, 0.6) is 0 Å². The quantitative estimate of drug-likeness (QED) is 0.770. The molecule has 0 aliphatic carbocycles. The van der Waals surface area contributed by atoms with Crippen LogP contribution in [0.1, 0.15) is 13.8 Å². The molecule has 0 fully saturated rings. The van der Waals surface area contributed by atoms with Crippen molar-refractivity contribution in [3.05, 3.63) is 24.5 Å². The van der Waals surface area contributed by atoms with Crippen molar-refractivity contribution in [2.75, 3.05) is 24.5 Å². The molecule has 0 saturated heterocycles. The Hall–Kier alpha value is -1.09. The summed E-state index contributed by atoms with van der Waals surface area (Å²) in [7, 11) is 0. The zero-order valence-electron chi connectivity index (χ0n) is 8.98. The van der Waals surface area contributed by atoms with Crippen molar-refractivity contribution in [3.8, 4) is 0 Å². The molecule has 3 heteroatoms. The fourth-order valence-corrected chi connectivity index (χ4v) is 1.42. The number of anilines is 1. The highest BCUT2D eigenvalue weighted by molar-refractivity contribution is 5.44. The van der Waals surface area contributed by atoms with Crippen LogP contribution in [0.15, 0.2) is 24.5 Å². The first-order valence-electron chi connectivity index (χ1n) is 5.13. The second-order valence-electron chi connectivity index (χ2n) is 3.58. The molecular weight excluding hydrogens is 174 g/mol. The van der Waals surface area contributed by atoms with Gasteiger partial charge in [-0.05, 0) is 31.5 Å². The van der Waals surface area contributed by atoms with E-state index in [1.165, 1.54) is 5.69 Å². The second kappa shape index (κ2) is 5.60. The topological polar surface area (TPSA) is 42.1 Å². The van der Waals surface area contributed by atoms with E-state index in [4.69, 9.17) is 5.73 Å². The summed E-state index contributed by atoms with van der Waals surface area (Å²) < 4.78 is 0. The summed E-state index contributed by atoms with van der Waals surface area (Å²) in [5.41, 5.74) is 6.84. The predicted octanol–water partition coefficient (Wildman–Crippen LogP) is 1.50. The van der Waals surface area contributed by atoms with Gasteiger partial charge in [-0.3, -0.25) is 4.98 Å². The van der Waals surface area contributed by atoms with E-state index in [2.05, 4.69) is 23.7 Å². The van der Waals surface area contributed by atoms with Crippen molar-refractivity contribution in [2.24, 2.45) is 11.7 Å². The maximum Gasteiger partial charge on any atom is 0.0397 e. The number of pyridine rings is 1. The maximum absolute atomic E-state index is 5.61. The van der Waals surface area contributed by atoms with Crippen molar-refractivity contribution >= 4 is 5.69 Å². The van der Waals surface area contributed by atoms with Gasteiger partial charge in [0.25, 0.3) is 0 Å². The van der Waals surface area contributed by atoms with Crippen LogP contribution in [0.3, 0.4) is 0 Å². The second-order valence-corrected chi connectivity index (χ2v) is 3.58. The van der Waals surface area contributed by atoms with E-state index in [-0.39, 0.29) is 0 Å². The van der Waals surface area contributed by atoms with Gasteiger partial charge >= 0.3 is 0 Å². The summed E-state index contributed by atoms with van der Waals surface area (Å²) >= 11 is 0. The lowest BCUT2D eigenvalue weighted by molar-refractivity contribution is 0.576. The van der Waals surface area contributed by atoms with Gasteiger partial charge in [0.2, 0.25) is 0 Å². The molecule has 1 aromatic heterocycles. The summed E-state index contributed by atoms with van der Waals surface area (Å²) in [6.07, 6.45) is 3.65. The summed E-state index contributed by atoms with van der Waals surface area (Å²) in [5, 5.41) is 0. The Kier molecular flexibility index (Phi) is 4.40. The van der Waals surface area contributed by atoms with E-state index in [1.54, 1.807) is 0 Å². The summed E-state index contributed by atoms with van der Waals surface area (Å²) in [6, 6.07) is 4.07. The number of nitrogens with zero attached hydrogens (tertiary/aromatic N) is 2. The van der Waals surface area contributed by atoms with Gasteiger partial charge in [0.15, 0.2) is 0 Å². The van der Waals surface area contributed by atoms with Gasteiger partial charge in [-0.15, -0.1) is 0 Å². The summed E-state index contributed by atoms with van der Waals surface area (Å²) in [4.78, 5) is 6.33. The van der Waals surface area contributed by atoms with Gasteiger partial charge in [-0.25, -0.2) is 0 Å². The molecule has 0 saturated carbocycles. The van der Waals surface area contributed by atoms with Crippen molar-refractivity contribution in [1.82, 2.24) is 4.98 Å². The van der Waals surface area contributed by atoms with Gasteiger partial charge in [0.1, 0.15) is 0 Å². The lowest BCUT2D eigenvalue weighted by atomic mass is 10.1. The molecule has 0 aromatic carbocycles. The highest BCUT2D eigenvalue weighted by atomic mass is 15.1. The maximum atomic E-state index is 5.61. The van der Waals surface area contributed by atoms with Crippen LogP contribution in [0.2, 0.25) is 0 Å². The lowest BCUT2D eigenvalue weighted by Gasteiger charge is -2.25. The van der Waals surface area contributed by atoms with E-state index in [0.29, 0.717) is 5.92 Å². The largest absolute Gasteiger partial charge is 0.371 e. The van der Waals surface area contributed by atoms with Gasteiger partial charge in [-0.1, -0.05) is 6.92 Å². The highest BCUT2D eigenvalue weighted by Gasteiger charge is 2.07. The number of rotatable bonds is 5. The van der Waals surface area contributed by atoms with Crippen molar-refractivity contribution in [2.45, 2.75) is 13.8 Å². The fraction of sp³-hybridized carbons (Fsp3) is 0.545. The average Bonchev–Trinajstić information content (AvgIpc) is 2.26. The number of aromatic nitrogens is 1. The Morgan fingerprint density at radius 2 is 2.07 bits per heavy atom. The molecule has 1 rings (SSSR count). The molecule has 0 spiro atoms. The first-order chi connectivity index (χ1) is 6.77. The Balaban J connectivity index is 2.63. The average molecular weight is 193 g/mol. The molecule has 1 aromatic rings. The third kappa shape index (κ3) is 3.00. The highest BCUT2D eigenvalue weighted by Crippen LogP contribution is 2.13. The minimum Gasteiger partial charge on any atom is -0.371 e. The smallest absolute Gasteiger partial charge is 0.0397 e. The Morgan fingerprint density at radius 1 is 1.43 bits per heavy atom. The number of nitrogens with two attached hydrogens (primary N) is 1. The molecule has 2 N–H and O–H groups in total. The minimum absolute atomic E-state index is 0.531. The van der Waals surface area contributed by atoms with Crippen LogP contribution in [-0.4, -0.2) is 24.6 Å². The monoisotopic (exact) mass is 193 g/mol. The van der Waals surface area contributed by atoms with Crippen molar-refractivity contribution in [3.63, 3.8) is 0 Å². The van der Waals surface area contributed by atoms with E-state index in [0.717, 1.165) is 19.6 Å². The van der Waals surface area contributed by atoms with Gasteiger partial charge in [-0.2, -0.15) is 0 Å². The summed E-state index contributed by atoms with van der Waals surface area (Å²) in [5.74, 6) is 0.531. The normalized spacial score (nSPS) is 12.5.